The van der Waals surface area contributed by atoms with Crippen LogP contribution in [0, 0.1) is 0 Å². The SMILES string of the molecule is C=CCc1cc(S(=O)(=O)C(/C=C(/CC)CO)=C/C)ccc1O. The average molecular weight is 322 g/mol. The first-order valence-corrected chi connectivity index (χ1v) is 8.53. The normalized spacial score (nSPS) is 13.2. The van der Waals surface area contributed by atoms with Crippen molar-refractivity contribution >= 4 is 9.84 Å². The van der Waals surface area contributed by atoms with Crippen molar-refractivity contribution < 1.29 is 18.6 Å². The highest BCUT2D eigenvalue weighted by Crippen LogP contribution is 2.27. The summed E-state index contributed by atoms with van der Waals surface area (Å²) in [5.41, 5.74) is 1.15. The Morgan fingerprint density at radius 3 is 2.55 bits per heavy atom. The molecule has 1 aromatic carbocycles. The van der Waals surface area contributed by atoms with Crippen molar-refractivity contribution in [2.24, 2.45) is 0 Å². The highest BCUT2D eigenvalue weighted by molar-refractivity contribution is 7.95. The zero-order valence-electron chi connectivity index (χ0n) is 12.9. The van der Waals surface area contributed by atoms with Gasteiger partial charge in [-0.25, -0.2) is 8.42 Å². The van der Waals surface area contributed by atoms with Crippen LogP contribution >= 0.6 is 0 Å². The molecule has 0 atom stereocenters. The van der Waals surface area contributed by atoms with Gasteiger partial charge in [-0.1, -0.05) is 19.1 Å². The zero-order chi connectivity index (χ0) is 16.8. The highest BCUT2D eigenvalue weighted by Gasteiger charge is 2.20. The Morgan fingerprint density at radius 1 is 1.36 bits per heavy atom. The van der Waals surface area contributed by atoms with E-state index in [2.05, 4.69) is 6.58 Å². The number of hydrogen-bond donors (Lipinski definition) is 2. The monoisotopic (exact) mass is 322 g/mol. The second-order valence-corrected chi connectivity index (χ2v) is 6.74. The lowest BCUT2D eigenvalue weighted by molar-refractivity contribution is 0.327. The fourth-order valence-corrected chi connectivity index (χ4v) is 3.41. The number of phenolic OH excluding ortho intramolecular Hbond substituents is 1. The molecule has 1 aromatic rings. The molecule has 120 valence electrons. The van der Waals surface area contributed by atoms with Crippen molar-refractivity contribution in [3.8, 4) is 5.75 Å². The van der Waals surface area contributed by atoms with E-state index >= 15 is 0 Å². The third-order valence-electron chi connectivity index (χ3n) is 3.32. The van der Waals surface area contributed by atoms with Gasteiger partial charge in [0.15, 0.2) is 0 Å². The summed E-state index contributed by atoms with van der Waals surface area (Å²) >= 11 is 0. The average Bonchev–Trinajstić information content (AvgIpc) is 2.50. The predicted octanol–water partition coefficient (Wildman–Crippen LogP) is 3.13. The first-order valence-electron chi connectivity index (χ1n) is 7.05. The number of phenols is 1. The Balaban J connectivity index is 3.37. The number of rotatable bonds is 7. The molecule has 0 bridgehead atoms. The summed E-state index contributed by atoms with van der Waals surface area (Å²) in [6, 6.07) is 4.20. The fourth-order valence-electron chi connectivity index (χ4n) is 1.96. The summed E-state index contributed by atoms with van der Waals surface area (Å²) < 4.78 is 25.4. The molecule has 0 aromatic heterocycles. The van der Waals surface area contributed by atoms with Crippen molar-refractivity contribution in [2.45, 2.75) is 31.6 Å². The molecule has 4 nitrogen and oxygen atoms in total. The van der Waals surface area contributed by atoms with E-state index in [1.807, 2.05) is 6.92 Å². The molecule has 0 saturated carbocycles. The van der Waals surface area contributed by atoms with E-state index in [0.29, 0.717) is 24.0 Å². The van der Waals surface area contributed by atoms with Crippen LogP contribution in [0.25, 0.3) is 0 Å². The van der Waals surface area contributed by atoms with Gasteiger partial charge in [-0.2, -0.15) is 0 Å². The fraction of sp³-hybridized carbons (Fsp3) is 0.294. The predicted molar refractivity (Wildman–Crippen MR) is 88.4 cm³/mol. The Labute approximate surface area is 132 Å². The van der Waals surface area contributed by atoms with Gasteiger partial charge < -0.3 is 10.2 Å². The number of hydrogen-bond acceptors (Lipinski definition) is 4. The molecule has 0 aliphatic carbocycles. The maximum absolute atomic E-state index is 12.7. The second kappa shape index (κ2) is 7.96. The van der Waals surface area contributed by atoms with E-state index in [4.69, 9.17) is 0 Å². The molecule has 0 radical (unpaired) electrons. The summed E-state index contributed by atoms with van der Waals surface area (Å²) in [5, 5.41) is 19.0. The molecule has 0 aliphatic rings. The van der Waals surface area contributed by atoms with E-state index < -0.39 is 9.84 Å². The third-order valence-corrected chi connectivity index (χ3v) is 5.17. The number of aliphatic hydroxyl groups is 1. The van der Waals surface area contributed by atoms with E-state index in [-0.39, 0.29) is 22.2 Å². The minimum Gasteiger partial charge on any atom is -0.508 e. The first-order chi connectivity index (χ1) is 10.4. The molecule has 0 saturated heterocycles. The largest absolute Gasteiger partial charge is 0.508 e. The smallest absolute Gasteiger partial charge is 0.206 e. The van der Waals surface area contributed by atoms with Gasteiger partial charge in [-0.3, -0.25) is 0 Å². The molecule has 0 unspecified atom stereocenters. The minimum absolute atomic E-state index is 0.0426. The summed E-state index contributed by atoms with van der Waals surface area (Å²) in [6.07, 6.45) is 5.55. The Hall–Kier alpha value is -1.85. The maximum atomic E-state index is 12.7. The summed E-state index contributed by atoms with van der Waals surface area (Å²) in [4.78, 5) is 0.244. The van der Waals surface area contributed by atoms with E-state index in [1.165, 1.54) is 30.4 Å². The third kappa shape index (κ3) is 4.08. The van der Waals surface area contributed by atoms with Crippen LogP contribution in [-0.2, 0) is 16.3 Å². The van der Waals surface area contributed by atoms with Crippen molar-refractivity contribution in [1.82, 2.24) is 0 Å². The molecule has 0 spiro atoms. The van der Waals surface area contributed by atoms with Gasteiger partial charge in [-0.05, 0) is 55.2 Å². The lowest BCUT2D eigenvalue weighted by Crippen LogP contribution is -2.05. The van der Waals surface area contributed by atoms with E-state index in [1.54, 1.807) is 13.0 Å². The van der Waals surface area contributed by atoms with Crippen LogP contribution in [0.1, 0.15) is 25.8 Å². The molecule has 0 fully saturated rings. The molecule has 0 aliphatic heterocycles. The van der Waals surface area contributed by atoms with Gasteiger partial charge in [-0.15, -0.1) is 6.58 Å². The molecule has 0 heterocycles. The van der Waals surface area contributed by atoms with Crippen LogP contribution < -0.4 is 0 Å². The van der Waals surface area contributed by atoms with Gasteiger partial charge >= 0.3 is 0 Å². The standard InChI is InChI=1S/C17H22O4S/c1-4-7-14-11-16(8-9-17(14)19)22(20,21)15(6-3)10-13(5-2)12-18/h4,6,8-11,18-19H,1,5,7,12H2,2-3H3/b13-10-,15-6+. The van der Waals surface area contributed by atoms with Crippen LogP contribution in [0.4, 0.5) is 0 Å². The van der Waals surface area contributed by atoms with Crippen LogP contribution in [0.3, 0.4) is 0 Å². The summed E-state index contributed by atoms with van der Waals surface area (Å²) in [7, 11) is -3.70. The molecule has 0 amide bonds. The molecule has 5 heteroatoms. The second-order valence-electron chi connectivity index (χ2n) is 4.79. The Bertz CT molecular complexity index is 691. The topological polar surface area (TPSA) is 74.6 Å². The summed E-state index contributed by atoms with van der Waals surface area (Å²) in [6.45, 7) is 6.90. The molecular formula is C17H22O4S. The number of aliphatic hydroxyl groups excluding tert-OH is 1. The van der Waals surface area contributed by atoms with Crippen molar-refractivity contribution in [1.29, 1.82) is 0 Å². The van der Waals surface area contributed by atoms with Crippen molar-refractivity contribution in [3.63, 3.8) is 0 Å². The zero-order valence-corrected chi connectivity index (χ0v) is 13.7. The first kappa shape index (κ1) is 18.2. The maximum Gasteiger partial charge on any atom is 0.206 e. The Morgan fingerprint density at radius 2 is 2.05 bits per heavy atom. The number of sulfone groups is 1. The Kier molecular flexibility index (Phi) is 6.59. The summed E-state index contributed by atoms with van der Waals surface area (Å²) in [5.74, 6) is 0.0426. The lowest BCUT2D eigenvalue weighted by atomic mass is 10.1. The van der Waals surface area contributed by atoms with Gasteiger partial charge in [0, 0.05) is 0 Å². The molecule has 2 N–H and O–H groups in total. The lowest BCUT2D eigenvalue weighted by Gasteiger charge is -2.10. The quantitative estimate of drug-likeness (QED) is 0.597. The van der Waals surface area contributed by atoms with Gasteiger partial charge in [0.1, 0.15) is 5.75 Å². The van der Waals surface area contributed by atoms with Crippen LogP contribution in [0.15, 0.2) is 58.4 Å². The number of benzene rings is 1. The van der Waals surface area contributed by atoms with E-state index in [0.717, 1.165) is 0 Å². The number of aromatic hydroxyl groups is 1. The van der Waals surface area contributed by atoms with Crippen LogP contribution in [0.5, 0.6) is 5.75 Å². The van der Waals surface area contributed by atoms with Gasteiger partial charge in [0.05, 0.1) is 16.4 Å². The van der Waals surface area contributed by atoms with Crippen molar-refractivity contribution in [3.05, 3.63) is 59.0 Å². The van der Waals surface area contributed by atoms with E-state index in [9.17, 15) is 18.6 Å². The van der Waals surface area contributed by atoms with Crippen LogP contribution in [-0.4, -0.2) is 25.2 Å². The van der Waals surface area contributed by atoms with Gasteiger partial charge in [0.25, 0.3) is 0 Å². The minimum atomic E-state index is -3.70. The molecular weight excluding hydrogens is 300 g/mol. The molecule has 22 heavy (non-hydrogen) atoms. The highest BCUT2D eigenvalue weighted by atomic mass is 32.2. The number of allylic oxidation sites excluding steroid dienone is 3. The van der Waals surface area contributed by atoms with Crippen molar-refractivity contribution in [2.75, 3.05) is 6.61 Å². The van der Waals surface area contributed by atoms with Gasteiger partial charge in [0.2, 0.25) is 9.84 Å². The molecule has 1 rings (SSSR count). The van der Waals surface area contributed by atoms with Crippen LogP contribution in [0.2, 0.25) is 0 Å².